The SMILES string of the molecule is CNc1cnc(COCCCC(C)C)cn1. The first-order valence-corrected chi connectivity index (χ1v) is 5.78. The minimum Gasteiger partial charge on any atom is -0.375 e. The molecule has 0 bridgehead atoms. The Hall–Kier alpha value is -1.16. The van der Waals surface area contributed by atoms with E-state index in [0.29, 0.717) is 6.61 Å². The van der Waals surface area contributed by atoms with E-state index in [-0.39, 0.29) is 0 Å². The smallest absolute Gasteiger partial charge is 0.144 e. The van der Waals surface area contributed by atoms with Crippen LogP contribution in [0, 0.1) is 5.92 Å². The van der Waals surface area contributed by atoms with Crippen LogP contribution >= 0.6 is 0 Å². The lowest BCUT2D eigenvalue weighted by Gasteiger charge is -2.06. The summed E-state index contributed by atoms with van der Waals surface area (Å²) < 4.78 is 5.52. The average Bonchev–Trinajstić information content (AvgIpc) is 2.29. The molecule has 1 N–H and O–H groups in total. The van der Waals surface area contributed by atoms with Gasteiger partial charge in [-0.1, -0.05) is 13.8 Å². The minimum absolute atomic E-state index is 0.551. The maximum absolute atomic E-state index is 5.52. The number of rotatable bonds is 7. The monoisotopic (exact) mass is 223 g/mol. The molecule has 0 atom stereocenters. The summed E-state index contributed by atoms with van der Waals surface area (Å²) >= 11 is 0. The largest absolute Gasteiger partial charge is 0.375 e. The van der Waals surface area contributed by atoms with Gasteiger partial charge in [-0.15, -0.1) is 0 Å². The minimum atomic E-state index is 0.551. The summed E-state index contributed by atoms with van der Waals surface area (Å²) in [5, 5.41) is 2.93. The number of hydrogen-bond donors (Lipinski definition) is 1. The molecule has 1 aromatic heterocycles. The molecule has 0 aliphatic rings. The number of hydrogen-bond acceptors (Lipinski definition) is 4. The van der Waals surface area contributed by atoms with E-state index in [1.165, 1.54) is 6.42 Å². The van der Waals surface area contributed by atoms with Gasteiger partial charge in [0.2, 0.25) is 0 Å². The van der Waals surface area contributed by atoms with Crippen molar-refractivity contribution in [2.24, 2.45) is 5.92 Å². The third-order valence-electron chi connectivity index (χ3n) is 2.28. The summed E-state index contributed by atoms with van der Waals surface area (Å²) in [6.45, 7) is 5.80. The fourth-order valence-corrected chi connectivity index (χ4v) is 1.33. The van der Waals surface area contributed by atoms with Gasteiger partial charge in [-0.25, -0.2) is 4.98 Å². The lowest BCUT2D eigenvalue weighted by atomic mass is 10.1. The van der Waals surface area contributed by atoms with Crippen LogP contribution in [-0.4, -0.2) is 23.6 Å². The molecule has 4 nitrogen and oxygen atoms in total. The van der Waals surface area contributed by atoms with Crippen LogP contribution < -0.4 is 5.32 Å². The fraction of sp³-hybridized carbons (Fsp3) is 0.667. The van der Waals surface area contributed by atoms with Gasteiger partial charge >= 0.3 is 0 Å². The Labute approximate surface area is 97.5 Å². The van der Waals surface area contributed by atoms with E-state index in [1.807, 2.05) is 7.05 Å². The molecule has 16 heavy (non-hydrogen) atoms. The highest BCUT2D eigenvalue weighted by Gasteiger charge is 1.97. The predicted molar refractivity (Wildman–Crippen MR) is 65.3 cm³/mol. The Kier molecular flexibility index (Phi) is 5.78. The molecular weight excluding hydrogens is 202 g/mol. The average molecular weight is 223 g/mol. The van der Waals surface area contributed by atoms with Crippen LogP contribution in [0.1, 0.15) is 32.4 Å². The maximum atomic E-state index is 5.52. The van der Waals surface area contributed by atoms with Crippen molar-refractivity contribution in [3.8, 4) is 0 Å². The molecule has 0 saturated heterocycles. The van der Waals surface area contributed by atoms with Gasteiger partial charge in [0, 0.05) is 13.7 Å². The van der Waals surface area contributed by atoms with Gasteiger partial charge < -0.3 is 10.1 Å². The molecule has 0 aromatic carbocycles. The summed E-state index contributed by atoms with van der Waals surface area (Å²) in [5.74, 6) is 1.53. The Balaban J connectivity index is 2.16. The van der Waals surface area contributed by atoms with Crippen molar-refractivity contribution in [1.29, 1.82) is 0 Å². The van der Waals surface area contributed by atoms with Gasteiger partial charge in [0.1, 0.15) is 5.82 Å². The Morgan fingerprint density at radius 2 is 2.12 bits per heavy atom. The lowest BCUT2D eigenvalue weighted by Crippen LogP contribution is -2.01. The number of nitrogens with zero attached hydrogens (tertiary/aromatic N) is 2. The van der Waals surface area contributed by atoms with E-state index in [9.17, 15) is 0 Å². The molecule has 0 aliphatic heterocycles. The van der Waals surface area contributed by atoms with Gasteiger partial charge in [-0.3, -0.25) is 4.98 Å². The summed E-state index contributed by atoms with van der Waals surface area (Å²) in [5.41, 5.74) is 0.878. The maximum Gasteiger partial charge on any atom is 0.144 e. The molecule has 0 radical (unpaired) electrons. The Bertz CT molecular complexity index is 285. The highest BCUT2D eigenvalue weighted by molar-refractivity contribution is 5.29. The van der Waals surface area contributed by atoms with Crippen LogP contribution in [0.15, 0.2) is 12.4 Å². The second-order valence-corrected chi connectivity index (χ2v) is 4.23. The summed E-state index contributed by atoms with van der Waals surface area (Å²) in [4.78, 5) is 8.40. The molecule has 0 fully saturated rings. The highest BCUT2D eigenvalue weighted by atomic mass is 16.5. The van der Waals surface area contributed by atoms with E-state index in [0.717, 1.165) is 30.5 Å². The second-order valence-electron chi connectivity index (χ2n) is 4.23. The molecular formula is C12H21N3O. The van der Waals surface area contributed by atoms with Gasteiger partial charge in [-0.2, -0.15) is 0 Å². The van der Waals surface area contributed by atoms with Crippen molar-refractivity contribution >= 4 is 5.82 Å². The van der Waals surface area contributed by atoms with Crippen molar-refractivity contribution in [1.82, 2.24) is 9.97 Å². The number of nitrogens with one attached hydrogen (secondary N) is 1. The van der Waals surface area contributed by atoms with Gasteiger partial charge in [0.15, 0.2) is 0 Å². The van der Waals surface area contributed by atoms with E-state index in [4.69, 9.17) is 4.74 Å². The van der Waals surface area contributed by atoms with Gasteiger partial charge in [0.05, 0.1) is 24.7 Å². The van der Waals surface area contributed by atoms with Crippen molar-refractivity contribution in [2.45, 2.75) is 33.3 Å². The zero-order chi connectivity index (χ0) is 11.8. The normalized spacial score (nSPS) is 10.8. The molecule has 1 rings (SSSR count). The molecule has 0 saturated carbocycles. The topological polar surface area (TPSA) is 47.0 Å². The first-order chi connectivity index (χ1) is 7.72. The van der Waals surface area contributed by atoms with Crippen LogP contribution in [-0.2, 0) is 11.3 Å². The van der Waals surface area contributed by atoms with Gasteiger partial charge in [0.25, 0.3) is 0 Å². The number of ether oxygens (including phenoxy) is 1. The summed E-state index contributed by atoms with van der Waals surface area (Å²) in [6.07, 6.45) is 5.78. The first-order valence-electron chi connectivity index (χ1n) is 5.78. The predicted octanol–water partition coefficient (Wildman–Crippen LogP) is 2.47. The van der Waals surface area contributed by atoms with Crippen molar-refractivity contribution in [2.75, 3.05) is 19.0 Å². The first kappa shape index (κ1) is 12.9. The van der Waals surface area contributed by atoms with Crippen LogP contribution in [0.25, 0.3) is 0 Å². The number of aromatic nitrogens is 2. The Morgan fingerprint density at radius 3 is 2.69 bits per heavy atom. The zero-order valence-electron chi connectivity index (χ0n) is 10.4. The number of anilines is 1. The van der Waals surface area contributed by atoms with Crippen LogP contribution in [0.3, 0.4) is 0 Å². The van der Waals surface area contributed by atoms with Gasteiger partial charge in [-0.05, 0) is 18.8 Å². The third kappa shape index (κ3) is 5.07. The zero-order valence-corrected chi connectivity index (χ0v) is 10.4. The standard InChI is InChI=1S/C12H21N3O/c1-10(2)5-4-6-16-9-11-7-15-12(13-3)8-14-11/h7-8,10H,4-6,9H2,1-3H3,(H,13,15). The van der Waals surface area contributed by atoms with Crippen molar-refractivity contribution in [3.05, 3.63) is 18.1 Å². The van der Waals surface area contributed by atoms with E-state index in [1.54, 1.807) is 12.4 Å². The van der Waals surface area contributed by atoms with E-state index < -0.39 is 0 Å². The molecule has 90 valence electrons. The highest BCUT2D eigenvalue weighted by Crippen LogP contribution is 2.05. The van der Waals surface area contributed by atoms with Crippen LogP contribution in [0.4, 0.5) is 5.82 Å². The molecule has 1 heterocycles. The molecule has 4 heteroatoms. The van der Waals surface area contributed by atoms with Crippen LogP contribution in [0.2, 0.25) is 0 Å². The molecule has 0 amide bonds. The summed E-state index contributed by atoms with van der Waals surface area (Å²) in [6, 6.07) is 0. The lowest BCUT2D eigenvalue weighted by molar-refractivity contribution is 0.112. The second kappa shape index (κ2) is 7.17. The summed E-state index contributed by atoms with van der Waals surface area (Å²) in [7, 11) is 1.83. The Morgan fingerprint density at radius 1 is 1.31 bits per heavy atom. The molecule has 0 spiro atoms. The van der Waals surface area contributed by atoms with Crippen LogP contribution in [0.5, 0.6) is 0 Å². The fourth-order valence-electron chi connectivity index (χ4n) is 1.33. The van der Waals surface area contributed by atoms with Crippen molar-refractivity contribution in [3.63, 3.8) is 0 Å². The molecule has 1 aromatic rings. The molecule has 0 aliphatic carbocycles. The molecule has 0 unspecified atom stereocenters. The van der Waals surface area contributed by atoms with Crippen molar-refractivity contribution < 1.29 is 4.74 Å². The third-order valence-corrected chi connectivity index (χ3v) is 2.28. The van der Waals surface area contributed by atoms with E-state index >= 15 is 0 Å². The van der Waals surface area contributed by atoms with E-state index in [2.05, 4.69) is 29.1 Å². The quantitative estimate of drug-likeness (QED) is 0.721.